The molecule has 11 aromatic carbocycles. The first kappa shape index (κ1) is 37.8. The van der Waals surface area contributed by atoms with Crippen LogP contribution >= 0.6 is 0 Å². The Balaban J connectivity index is 1.01. The lowest BCUT2D eigenvalue weighted by atomic mass is 9.94. The highest BCUT2D eigenvalue weighted by Crippen LogP contribution is 2.44. The number of para-hydroxylation sites is 4. The number of fused-ring (bicyclic) bond motifs is 16. The molecule has 0 unspecified atom stereocenters. The van der Waals surface area contributed by atoms with Crippen molar-refractivity contribution in [3.63, 3.8) is 0 Å². The van der Waals surface area contributed by atoms with Gasteiger partial charge < -0.3 is 9.13 Å². The van der Waals surface area contributed by atoms with E-state index in [9.17, 15) is 0 Å². The molecule has 0 aliphatic carbocycles. The van der Waals surface area contributed by atoms with Crippen LogP contribution in [0.4, 0.5) is 0 Å². The second kappa shape index (κ2) is 14.6. The van der Waals surface area contributed by atoms with Crippen LogP contribution in [0.1, 0.15) is 0 Å². The molecule has 6 heteroatoms. The topological polar surface area (TPSA) is 53.5 Å². The molecule has 0 fully saturated rings. The summed E-state index contributed by atoms with van der Waals surface area (Å²) in [6.07, 6.45) is 0. The molecule has 0 N–H and O–H groups in total. The molecule has 0 radical (unpaired) electrons. The minimum atomic E-state index is 0.560. The maximum absolute atomic E-state index is 5.49. The molecule has 320 valence electrons. The lowest BCUT2D eigenvalue weighted by Gasteiger charge is -2.14. The van der Waals surface area contributed by atoms with Gasteiger partial charge in [-0.1, -0.05) is 164 Å². The van der Waals surface area contributed by atoms with E-state index >= 15 is 0 Å². The highest BCUT2D eigenvalue weighted by Gasteiger charge is 2.24. The quantitative estimate of drug-likeness (QED) is 0.162. The molecule has 0 aliphatic rings. The predicted molar refractivity (Wildman–Crippen MR) is 286 cm³/mol. The van der Waals surface area contributed by atoms with Gasteiger partial charge in [0.1, 0.15) is 0 Å². The van der Waals surface area contributed by atoms with Crippen LogP contribution in [0.3, 0.4) is 0 Å². The van der Waals surface area contributed by atoms with Crippen molar-refractivity contribution in [3.05, 3.63) is 231 Å². The van der Waals surface area contributed by atoms with Crippen molar-refractivity contribution in [1.82, 2.24) is 28.7 Å². The first-order valence-electron chi connectivity index (χ1n) is 23.4. The number of hydrogen-bond donors (Lipinski definition) is 0. The maximum atomic E-state index is 5.49. The summed E-state index contributed by atoms with van der Waals surface area (Å²) in [6.45, 7) is 0. The van der Waals surface area contributed by atoms with Gasteiger partial charge in [-0.3, -0.25) is 4.57 Å². The summed E-state index contributed by atoms with van der Waals surface area (Å²) in [5.41, 5.74) is 10.6. The summed E-state index contributed by atoms with van der Waals surface area (Å²) in [5, 5.41) is 14.4. The second-order valence-electron chi connectivity index (χ2n) is 18.0. The van der Waals surface area contributed by atoms with Gasteiger partial charge in [0.2, 0.25) is 5.95 Å². The maximum Gasteiger partial charge on any atom is 0.238 e. The Hall–Kier alpha value is -9.39. The lowest BCUT2D eigenvalue weighted by Crippen LogP contribution is -2.06. The van der Waals surface area contributed by atoms with Gasteiger partial charge >= 0.3 is 0 Å². The Morgan fingerprint density at radius 3 is 1.39 bits per heavy atom. The Labute approximate surface area is 395 Å². The molecule has 69 heavy (non-hydrogen) atoms. The Bertz CT molecular complexity index is 4560. The number of benzene rings is 11. The van der Waals surface area contributed by atoms with E-state index in [1.165, 1.54) is 37.7 Å². The highest BCUT2D eigenvalue weighted by molar-refractivity contribution is 6.28. The zero-order valence-corrected chi connectivity index (χ0v) is 37.1. The Morgan fingerprint density at radius 1 is 0.246 bits per heavy atom. The van der Waals surface area contributed by atoms with Gasteiger partial charge in [0, 0.05) is 54.8 Å². The molecule has 4 aromatic heterocycles. The van der Waals surface area contributed by atoms with Gasteiger partial charge in [0.25, 0.3) is 0 Å². The summed E-state index contributed by atoms with van der Waals surface area (Å²) >= 11 is 0. The fourth-order valence-electron chi connectivity index (χ4n) is 11.3. The Kier molecular flexibility index (Phi) is 7.97. The zero-order valence-electron chi connectivity index (χ0n) is 37.1. The van der Waals surface area contributed by atoms with Gasteiger partial charge in [-0.2, -0.15) is 9.97 Å². The van der Waals surface area contributed by atoms with Crippen LogP contribution in [-0.4, -0.2) is 28.7 Å². The molecule has 0 atom stereocenters. The fraction of sp³-hybridized carbons (Fsp3) is 0. The van der Waals surface area contributed by atoms with Crippen LogP contribution in [-0.2, 0) is 0 Å². The summed E-state index contributed by atoms with van der Waals surface area (Å²) in [6, 6.07) is 82.6. The van der Waals surface area contributed by atoms with Crippen LogP contribution in [0, 0.1) is 0 Å². The average molecular weight is 879 g/mol. The third-order valence-electron chi connectivity index (χ3n) is 14.3. The largest absolute Gasteiger partial charge is 0.309 e. The van der Waals surface area contributed by atoms with E-state index < -0.39 is 0 Å². The Morgan fingerprint density at radius 2 is 0.710 bits per heavy atom. The monoisotopic (exact) mass is 878 g/mol. The number of rotatable bonds is 5. The predicted octanol–water partition coefficient (Wildman–Crippen LogP) is 16.0. The average Bonchev–Trinajstić information content (AvgIpc) is 4.07. The first-order valence-corrected chi connectivity index (χ1v) is 23.4. The van der Waals surface area contributed by atoms with E-state index in [0.29, 0.717) is 17.6 Å². The molecular weight excluding hydrogens is 841 g/mol. The molecule has 0 spiro atoms. The summed E-state index contributed by atoms with van der Waals surface area (Å²) in [4.78, 5) is 16.2. The zero-order chi connectivity index (χ0) is 45.2. The molecule has 6 nitrogen and oxygen atoms in total. The number of hydrogen-bond acceptors (Lipinski definition) is 3. The summed E-state index contributed by atoms with van der Waals surface area (Å²) in [7, 11) is 0. The molecule has 0 aliphatic heterocycles. The van der Waals surface area contributed by atoms with E-state index in [1.807, 2.05) is 18.2 Å². The third kappa shape index (κ3) is 5.51. The SMILES string of the molecule is c1ccc(-c2nc(-c3ccc4c(c3)c3ccccc3n4-c3ccccc3)nc(-n3c4ccccc4c4ccc5c(c6ccccc6n5-c5ccc6c7ccccc7c7ccccc7c6c5)c43)n2)cc1. The molecule has 15 aromatic rings. The highest BCUT2D eigenvalue weighted by atomic mass is 15.2. The van der Waals surface area contributed by atoms with Crippen molar-refractivity contribution in [1.29, 1.82) is 0 Å². The van der Waals surface area contributed by atoms with Gasteiger partial charge in [0.15, 0.2) is 11.6 Å². The van der Waals surface area contributed by atoms with Crippen LogP contribution in [0.2, 0.25) is 0 Å². The standard InChI is InChI=1S/C63H38N6/c1-3-17-39(18-4-1)61-64-62(40-31-35-57-53(37-40)49-26-12-14-28-54(49)67(57)41-19-5-2-6-20-41)66-63(65-61)69-55-29-15-11-25-48(55)50-34-36-58-59(60(50)69)51-27-13-16-30-56(51)68(58)42-32-33-47-45-23-8-7-21-43(45)44-22-9-10-24-46(44)52(47)38-42/h1-38H. The smallest absolute Gasteiger partial charge is 0.238 e. The van der Waals surface area contributed by atoms with Crippen LogP contribution in [0.15, 0.2) is 231 Å². The molecule has 0 bridgehead atoms. The molecular formula is C63H38N6. The molecule has 4 heterocycles. The minimum Gasteiger partial charge on any atom is -0.309 e. The van der Waals surface area contributed by atoms with E-state index in [4.69, 9.17) is 15.0 Å². The fourth-order valence-corrected chi connectivity index (χ4v) is 11.3. The molecule has 0 saturated carbocycles. The van der Waals surface area contributed by atoms with Gasteiger partial charge in [-0.15, -0.1) is 0 Å². The van der Waals surface area contributed by atoms with Gasteiger partial charge in [0.05, 0.1) is 33.1 Å². The summed E-state index contributed by atoms with van der Waals surface area (Å²) in [5.74, 6) is 1.78. The minimum absolute atomic E-state index is 0.560. The second-order valence-corrected chi connectivity index (χ2v) is 18.0. The van der Waals surface area contributed by atoms with E-state index in [2.05, 4.69) is 226 Å². The van der Waals surface area contributed by atoms with Crippen molar-refractivity contribution in [2.75, 3.05) is 0 Å². The van der Waals surface area contributed by atoms with Crippen molar-refractivity contribution >= 4 is 97.7 Å². The van der Waals surface area contributed by atoms with Crippen molar-refractivity contribution in [2.45, 2.75) is 0 Å². The van der Waals surface area contributed by atoms with E-state index in [-0.39, 0.29) is 0 Å². The van der Waals surface area contributed by atoms with E-state index in [0.717, 1.165) is 82.5 Å². The van der Waals surface area contributed by atoms with Gasteiger partial charge in [-0.25, -0.2) is 4.98 Å². The van der Waals surface area contributed by atoms with Gasteiger partial charge in [-0.05, 0) is 99.0 Å². The number of aromatic nitrogens is 6. The van der Waals surface area contributed by atoms with Crippen molar-refractivity contribution < 1.29 is 0 Å². The van der Waals surface area contributed by atoms with Crippen LogP contribution < -0.4 is 0 Å². The van der Waals surface area contributed by atoms with Crippen LogP contribution in [0.25, 0.3) is 138 Å². The molecule has 0 saturated heterocycles. The normalized spacial score (nSPS) is 12.1. The third-order valence-corrected chi connectivity index (χ3v) is 14.3. The first-order chi connectivity index (χ1) is 34.2. The van der Waals surface area contributed by atoms with Crippen LogP contribution in [0.5, 0.6) is 0 Å². The summed E-state index contributed by atoms with van der Waals surface area (Å²) < 4.78 is 7.05. The van der Waals surface area contributed by atoms with E-state index in [1.54, 1.807) is 0 Å². The van der Waals surface area contributed by atoms with Crippen molar-refractivity contribution in [2.24, 2.45) is 0 Å². The van der Waals surface area contributed by atoms with Crippen molar-refractivity contribution in [3.8, 4) is 40.1 Å². The molecule has 15 rings (SSSR count). The lowest BCUT2D eigenvalue weighted by molar-refractivity contribution is 0.955. The molecule has 0 amide bonds. The number of nitrogens with zero attached hydrogens (tertiary/aromatic N) is 6.